The first-order chi connectivity index (χ1) is 13.8. The molecule has 0 saturated carbocycles. The van der Waals surface area contributed by atoms with Crippen molar-refractivity contribution in [2.24, 2.45) is 5.73 Å². The Morgan fingerprint density at radius 2 is 1.72 bits per heavy atom. The second-order valence-electron chi connectivity index (χ2n) is 6.24. The van der Waals surface area contributed by atoms with Crippen molar-refractivity contribution in [3.05, 3.63) is 51.4 Å². The molecule has 9 nitrogen and oxygen atoms in total. The van der Waals surface area contributed by atoms with E-state index < -0.39 is 23.9 Å². The smallest absolute Gasteiger partial charge is 0.409 e. The summed E-state index contributed by atoms with van der Waals surface area (Å²) in [4.78, 5) is 50.2. The number of rotatable bonds is 4. The fourth-order valence-corrected chi connectivity index (χ4v) is 4.35. The fraction of sp³-hybridized carbons (Fsp3) is 0.263. The summed E-state index contributed by atoms with van der Waals surface area (Å²) in [7, 11) is 2.58. The number of fused-ring (bicyclic) bond motifs is 1. The summed E-state index contributed by atoms with van der Waals surface area (Å²) >= 11 is 1.20. The van der Waals surface area contributed by atoms with Crippen molar-refractivity contribution >= 4 is 40.2 Å². The van der Waals surface area contributed by atoms with Crippen LogP contribution in [0.2, 0.25) is 0 Å². The summed E-state index contributed by atoms with van der Waals surface area (Å²) in [5, 5.41) is 3.04. The van der Waals surface area contributed by atoms with Crippen LogP contribution in [-0.4, -0.2) is 49.5 Å². The molecule has 0 aliphatic carbocycles. The molecule has 3 rings (SSSR count). The molecule has 29 heavy (non-hydrogen) atoms. The molecule has 1 aromatic heterocycles. The number of nitrogens with one attached hydrogen (secondary N) is 1. The van der Waals surface area contributed by atoms with Gasteiger partial charge in [-0.15, -0.1) is 11.3 Å². The van der Waals surface area contributed by atoms with Gasteiger partial charge in [0.05, 0.1) is 31.9 Å². The van der Waals surface area contributed by atoms with E-state index in [0.717, 1.165) is 10.4 Å². The van der Waals surface area contributed by atoms with Crippen molar-refractivity contribution in [1.82, 2.24) is 4.90 Å². The predicted molar refractivity (Wildman–Crippen MR) is 105 cm³/mol. The van der Waals surface area contributed by atoms with E-state index in [2.05, 4.69) is 10.1 Å². The van der Waals surface area contributed by atoms with Gasteiger partial charge in [0.25, 0.3) is 11.8 Å². The van der Waals surface area contributed by atoms with E-state index in [4.69, 9.17) is 10.5 Å². The van der Waals surface area contributed by atoms with Crippen LogP contribution in [0.1, 0.15) is 41.5 Å². The molecule has 0 atom stereocenters. The summed E-state index contributed by atoms with van der Waals surface area (Å²) in [5.41, 5.74) is 7.16. The highest BCUT2D eigenvalue weighted by Gasteiger charge is 2.30. The van der Waals surface area contributed by atoms with Crippen LogP contribution in [-0.2, 0) is 22.4 Å². The molecular weight excluding hydrogens is 398 g/mol. The zero-order chi connectivity index (χ0) is 21.1. The van der Waals surface area contributed by atoms with Crippen molar-refractivity contribution in [2.45, 2.75) is 13.0 Å². The van der Waals surface area contributed by atoms with Gasteiger partial charge < -0.3 is 25.4 Å². The standard InChI is InChI=1S/C19H19N3O6S/c1-27-18(25)11-5-3-10(4-6-11)16(24)21-17-14(15(20)23)12-7-8-22(19(26)28-2)9-13(12)29-17/h3-6H,7-9H2,1-2H3,(H2,20,23)(H,21,24). The number of anilines is 1. The quantitative estimate of drug-likeness (QED) is 0.733. The van der Waals surface area contributed by atoms with Gasteiger partial charge in [-0.3, -0.25) is 9.59 Å². The molecule has 152 valence electrons. The molecule has 0 bridgehead atoms. The molecule has 1 aromatic carbocycles. The van der Waals surface area contributed by atoms with Gasteiger partial charge in [0.15, 0.2) is 0 Å². The van der Waals surface area contributed by atoms with Crippen LogP contribution in [0.3, 0.4) is 0 Å². The highest BCUT2D eigenvalue weighted by Crippen LogP contribution is 2.37. The number of thiophene rings is 1. The molecule has 0 spiro atoms. The number of hydrogen-bond donors (Lipinski definition) is 2. The normalized spacial score (nSPS) is 12.7. The number of primary amides is 1. The summed E-state index contributed by atoms with van der Waals surface area (Å²) in [5.74, 6) is -1.60. The van der Waals surface area contributed by atoms with E-state index in [-0.39, 0.29) is 12.1 Å². The van der Waals surface area contributed by atoms with Gasteiger partial charge in [0.2, 0.25) is 0 Å². The number of carbonyl (C=O) groups is 4. The third-order valence-corrected chi connectivity index (χ3v) is 5.66. The third-order valence-electron chi connectivity index (χ3n) is 4.53. The molecule has 3 amide bonds. The highest BCUT2D eigenvalue weighted by atomic mass is 32.1. The van der Waals surface area contributed by atoms with Gasteiger partial charge in [-0.25, -0.2) is 9.59 Å². The SMILES string of the molecule is COC(=O)c1ccc(C(=O)Nc2sc3c(c2C(N)=O)CCN(C(=O)OC)C3)cc1. The average Bonchev–Trinajstić information content (AvgIpc) is 3.09. The molecule has 0 saturated heterocycles. The zero-order valence-electron chi connectivity index (χ0n) is 15.8. The Bertz CT molecular complexity index is 983. The molecule has 1 aliphatic rings. The number of carbonyl (C=O) groups excluding carboxylic acids is 4. The lowest BCUT2D eigenvalue weighted by molar-refractivity contribution is 0.0600. The summed E-state index contributed by atoms with van der Waals surface area (Å²) < 4.78 is 9.37. The Balaban J connectivity index is 1.85. The highest BCUT2D eigenvalue weighted by molar-refractivity contribution is 7.17. The second kappa shape index (κ2) is 8.31. The Labute approximate surface area is 170 Å². The number of amides is 3. The van der Waals surface area contributed by atoms with Crippen molar-refractivity contribution in [3.8, 4) is 0 Å². The number of ether oxygens (including phenoxy) is 2. The lowest BCUT2D eigenvalue weighted by Crippen LogP contribution is -2.35. The molecule has 0 radical (unpaired) electrons. The van der Waals surface area contributed by atoms with Crippen molar-refractivity contribution in [1.29, 1.82) is 0 Å². The molecule has 2 aromatic rings. The van der Waals surface area contributed by atoms with Crippen molar-refractivity contribution in [3.63, 3.8) is 0 Å². The van der Waals surface area contributed by atoms with E-state index in [9.17, 15) is 19.2 Å². The zero-order valence-corrected chi connectivity index (χ0v) is 16.6. The summed E-state index contributed by atoms with van der Waals surface area (Å²) in [6.07, 6.45) is -0.0240. The Hall–Kier alpha value is -3.40. The fourth-order valence-electron chi connectivity index (χ4n) is 3.09. The minimum atomic E-state index is -0.648. The van der Waals surface area contributed by atoms with E-state index in [1.807, 2.05) is 0 Å². The van der Waals surface area contributed by atoms with Crippen LogP contribution < -0.4 is 11.1 Å². The van der Waals surface area contributed by atoms with Crippen LogP contribution in [0.5, 0.6) is 0 Å². The molecule has 0 fully saturated rings. The van der Waals surface area contributed by atoms with Crippen LogP contribution in [0.4, 0.5) is 9.80 Å². The number of hydrogen-bond acceptors (Lipinski definition) is 7. The lowest BCUT2D eigenvalue weighted by Gasteiger charge is -2.25. The van der Waals surface area contributed by atoms with Crippen LogP contribution in [0, 0.1) is 0 Å². The minimum Gasteiger partial charge on any atom is -0.465 e. The first kappa shape index (κ1) is 20.3. The van der Waals surface area contributed by atoms with Crippen LogP contribution >= 0.6 is 11.3 Å². The maximum Gasteiger partial charge on any atom is 0.409 e. The van der Waals surface area contributed by atoms with E-state index in [0.29, 0.717) is 29.1 Å². The first-order valence-electron chi connectivity index (χ1n) is 8.62. The molecule has 10 heteroatoms. The van der Waals surface area contributed by atoms with Gasteiger partial charge >= 0.3 is 12.1 Å². The Morgan fingerprint density at radius 1 is 1.07 bits per heavy atom. The van der Waals surface area contributed by atoms with Gasteiger partial charge in [-0.2, -0.15) is 0 Å². The van der Waals surface area contributed by atoms with Crippen molar-refractivity contribution < 1.29 is 28.7 Å². The number of benzene rings is 1. The number of esters is 1. The molecular formula is C19H19N3O6S. The average molecular weight is 417 g/mol. The second-order valence-corrected chi connectivity index (χ2v) is 7.34. The monoisotopic (exact) mass is 417 g/mol. The van der Waals surface area contributed by atoms with E-state index in [1.54, 1.807) is 0 Å². The van der Waals surface area contributed by atoms with Gasteiger partial charge in [-0.05, 0) is 36.2 Å². The molecule has 3 N–H and O–H groups in total. The van der Waals surface area contributed by atoms with Crippen molar-refractivity contribution in [2.75, 3.05) is 26.1 Å². The maximum absolute atomic E-state index is 12.6. The van der Waals surface area contributed by atoms with Crippen LogP contribution in [0.15, 0.2) is 24.3 Å². The Morgan fingerprint density at radius 3 is 2.31 bits per heavy atom. The summed E-state index contributed by atoms with van der Waals surface area (Å²) in [6.45, 7) is 0.662. The molecule has 0 unspecified atom stereocenters. The molecule has 2 heterocycles. The number of nitrogens with zero attached hydrogens (tertiary/aromatic N) is 1. The lowest BCUT2D eigenvalue weighted by atomic mass is 10.0. The van der Waals surface area contributed by atoms with E-state index >= 15 is 0 Å². The number of methoxy groups -OCH3 is 2. The summed E-state index contributed by atoms with van der Waals surface area (Å²) in [6, 6.07) is 5.92. The van der Waals surface area contributed by atoms with E-state index in [1.165, 1.54) is 54.7 Å². The predicted octanol–water partition coefficient (Wildman–Crippen LogP) is 2.01. The number of nitrogens with two attached hydrogens (primary N) is 1. The molecule has 1 aliphatic heterocycles. The largest absolute Gasteiger partial charge is 0.465 e. The van der Waals surface area contributed by atoms with Gasteiger partial charge in [0, 0.05) is 17.0 Å². The van der Waals surface area contributed by atoms with Gasteiger partial charge in [-0.1, -0.05) is 0 Å². The Kier molecular flexibility index (Phi) is 5.83. The topological polar surface area (TPSA) is 128 Å². The minimum absolute atomic E-state index is 0.258. The van der Waals surface area contributed by atoms with Crippen LogP contribution in [0.25, 0.3) is 0 Å². The third kappa shape index (κ3) is 4.06. The maximum atomic E-state index is 12.6. The van der Waals surface area contributed by atoms with Gasteiger partial charge in [0.1, 0.15) is 5.00 Å². The first-order valence-corrected chi connectivity index (χ1v) is 9.44.